The summed E-state index contributed by atoms with van der Waals surface area (Å²) < 4.78 is 7.97. The first-order valence-electron chi connectivity index (χ1n) is 11.2. The van der Waals surface area contributed by atoms with Gasteiger partial charge in [-0.25, -0.2) is 0 Å². The number of fused-ring (bicyclic) bond motifs is 1. The molecule has 1 amide bonds. The van der Waals surface area contributed by atoms with E-state index in [4.69, 9.17) is 4.74 Å². The van der Waals surface area contributed by atoms with Crippen molar-refractivity contribution in [2.24, 2.45) is 0 Å². The molecular formula is C24H26N4O3S2. The summed E-state index contributed by atoms with van der Waals surface area (Å²) in [5.41, 5.74) is 2.63. The van der Waals surface area contributed by atoms with Gasteiger partial charge in [0.2, 0.25) is 5.91 Å². The van der Waals surface area contributed by atoms with Gasteiger partial charge in [-0.2, -0.15) is 0 Å². The highest BCUT2D eigenvalue weighted by Gasteiger charge is 2.27. The minimum absolute atomic E-state index is 0.0314. The molecule has 2 aliphatic rings. The van der Waals surface area contributed by atoms with Gasteiger partial charge in [-0.3, -0.25) is 14.2 Å². The quantitative estimate of drug-likeness (QED) is 0.366. The highest BCUT2D eigenvalue weighted by Crippen LogP contribution is 2.33. The van der Waals surface area contributed by atoms with E-state index < -0.39 is 0 Å². The molecule has 2 aliphatic heterocycles. The third-order valence-electron chi connectivity index (χ3n) is 6.16. The molecule has 4 heterocycles. The maximum Gasteiger partial charge on any atom is 0.223 e. The molecule has 1 saturated heterocycles. The number of hydrogen-bond donors (Lipinski definition) is 0. The van der Waals surface area contributed by atoms with Crippen molar-refractivity contribution in [2.45, 2.75) is 56.2 Å². The fourth-order valence-electron chi connectivity index (χ4n) is 4.45. The van der Waals surface area contributed by atoms with Gasteiger partial charge in [0.15, 0.2) is 16.8 Å². The summed E-state index contributed by atoms with van der Waals surface area (Å²) in [6, 6.07) is 9.70. The van der Waals surface area contributed by atoms with Crippen LogP contribution in [-0.4, -0.2) is 51.0 Å². The Bertz CT molecular complexity index is 1170. The van der Waals surface area contributed by atoms with Crippen molar-refractivity contribution in [1.82, 2.24) is 14.8 Å². The second-order valence-corrected chi connectivity index (χ2v) is 10.7. The zero-order valence-corrected chi connectivity index (χ0v) is 20.3. The van der Waals surface area contributed by atoms with E-state index in [2.05, 4.69) is 14.8 Å². The first-order chi connectivity index (χ1) is 16.0. The average molecular weight is 483 g/mol. The monoisotopic (exact) mass is 482 g/mol. The van der Waals surface area contributed by atoms with Gasteiger partial charge in [0, 0.05) is 31.3 Å². The number of hydrogen-bond acceptors (Lipinski definition) is 7. The molecule has 0 saturated carbocycles. The molecule has 2 aromatic heterocycles. The second kappa shape index (κ2) is 9.40. The Labute approximate surface area is 201 Å². The van der Waals surface area contributed by atoms with Gasteiger partial charge in [0.1, 0.15) is 0 Å². The van der Waals surface area contributed by atoms with Crippen LogP contribution < -0.4 is 4.90 Å². The van der Waals surface area contributed by atoms with E-state index in [0.717, 1.165) is 53.0 Å². The number of aromatic nitrogens is 3. The van der Waals surface area contributed by atoms with Crippen LogP contribution in [0, 0.1) is 0 Å². The van der Waals surface area contributed by atoms with Crippen LogP contribution in [0.25, 0.3) is 10.7 Å². The SMILES string of the molecule is CC(=O)N1CCc2cc(C(=O)[C@@H](C)Sc3nnc(-c4cccs4)n3C[C@H]3CCCO3)ccc21. The van der Waals surface area contributed by atoms with E-state index in [9.17, 15) is 9.59 Å². The molecule has 1 aromatic carbocycles. The molecule has 33 heavy (non-hydrogen) atoms. The van der Waals surface area contributed by atoms with Gasteiger partial charge in [-0.05, 0) is 61.4 Å². The topological polar surface area (TPSA) is 77.3 Å². The highest BCUT2D eigenvalue weighted by atomic mass is 32.2. The fraction of sp³-hybridized carbons (Fsp3) is 0.417. The number of ketones is 1. The number of carbonyl (C=O) groups excluding carboxylic acids is 2. The van der Waals surface area contributed by atoms with Crippen molar-refractivity contribution in [3.05, 3.63) is 46.8 Å². The maximum atomic E-state index is 13.3. The van der Waals surface area contributed by atoms with E-state index in [1.54, 1.807) is 23.2 Å². The minimum Gasteiger partial charge on any atom is -0.376 e. The number of amides is 1. The van der Waals surface area contributed by atoms with Gasteiger partial charge >= 0.3 is 0 Å². The molecule has 0 radical (unpaired) electrons. The predicted molar refractivity (Wildman–Crippen MR) is 130 cm³/mol. The Hall–Kier alpha value is -2.49. The van der Waals surface area contributed by atoms with Crippen molar-refractivity contribution in [1.29, 1.82) is 0 Å². The standard InChI is InChI=1S/C24H26N4O3S2/c1-15(22(30)18-7-8-20-17(13-18)9-10-27(20)16(2)29)33-24-26-25-23(21-6-4-12-32-21)28(24)14-19-5-3-11-31-19/h4,6-8,12-13,15,19H,3,5,9-11,14H2,1-2H3/t15-,19-/m1/s1. The normalized spacial score (nSPS) is 18.5. The Morgan fingerprint density at radius 3 is 2.91 bits per heavy atom. The predicted octanol–water partition coefficient (Wildman–Crippen LogP) is 4.46. The van der Waals surface area contributed by atoms with Crippen molar-refractivity contribution in [3.63, 3.8) is 0 Å². The van der Waals surface area contributed by atoms with Gasteiger partial charge in [-0.15, -0.1) is 21.5 Å². The number of rotatable bonds is 7. The van der Waals surface area contributed by atoms with Crippen LogP contribution in [0.4, 0.5) is 5.69 Å². The third kappa shape index (κ3) is 4.49. The largest absolute Gasteiger partial charge is 0.376 e. The molecule has 2 atom stereocenters. The lowest BCUT2D eigenvalue weighted by Gasteiger charge is -2.17. The summed E-state index contributed by atoms with van der Waals surface area (Å²) in [5, 5.41) is 11.3. The van der Waals surface area contributed by atoms with Crippen LogP contribution in [-0.2, 0) is 22.5 Å². The van der Waals surface area contributed by atoms with Crippen LogP contribution in [0.1, 0.15) is 42.6 Å². The zero-order valence-electron chi connectivity index (χ0n) is 18.7. The Kier molecular flexibility index (Phi) is 6.36. The van der Waals surface area contributed by atoms with Crippen LogP contribution >= 0.6 is 23.1 Å². The summed E-state index contributed by atoms with van der Waals surface area (Å²) in [4.78, 5) is 27.9. The summed E-state index contributed by atoms with van der Waals surface area (Å²) >= 11 is 3.07. The van der Waals surface area contributed by atoms with Crippen LogP contribution in [0.15, 0.2) is 40.9 Å². The number of anilines is 1. The minimum atomic E-state index is -0.322. The Morgan fingerprint density at radius 1 is 1.30 bits per heavy atom. The Balaban J connectivity index is 1.37. The first-order valence-corrected chi connectivity index (χ1v) is 13.0. The number of Topliss-reactive ketones (excluding diaryl/α,β-unsaturated/α-hetero) is 1. The molecule has 0 aliphatic carbocycles. The van der Waals surface area contributed by atoms with Gasteiger partial charge < -0.3 is 9.64 Å². The van der Waals surface area contributed by atoms with Crippen LogP contribution in [0.5, 0.6) is 0 Å². The number of carbonyl (C=O) groups is 2. The lowest BCUT2D eigenvalue weighted by Crippen LogP contribution is -2.25. The summed E-state index contributed by atoms with van der Waals surface area (Å²) in [6.45, 7) is 5.63. The lowest BCUT2D eigenvalue weighted by atomic mass is 10.0. The summed E-state index contributed by atoms with van der Waals surface area (Å²) in [7, 11) is 0. The zero-order chi connectivity index (χ0) is 22.9. The fourth-order valence-corrected chi connectivity index (χ4v) is 6.10. The molecule has 0 N–H and O–H groups in total. The molecule has 0 spiro atoms. The molecule has 9 heteroatoms. The van der Waals surface area contributed by atoms with Gasteiger partial charge in [0.05, 0.1) is 22.8 Å². The second-order valence-electron chi connectivity index (χ2n) is 8.42. The third-order valence-corrected chi connectivity index (χ3v) is 8.11. The van der Waals surface area contributed by atoms with Crippen molar-refractivity contribution in [2.75, 3.05) is 18.1 Å². The average Bonchev–Trinajstić information content (AvgIpc) is 3.60. The molecular weight excluding hydrogens is 456 g/mol. The lowest BCUT2D eigenvalue weighted by molar-refractivity contribution is -0.116. The van der Waals surface area contributed by atoms with E-state index in [-0.39, 0.29) is 23.0 Å². The van der Waals surface area contributed by atoms with Gasteiger partial charge in [-0.1, -0.05) is 17.8 Å². The van der Waals surface area contributed by atoms with E-state index in [1.807, 2.05) is 42.6 Å². The van der Waals surface area contributed by atoms with E-state index in [0.29, 0.717) is 18.7 Å². The molecule has 1 fully saturated rings. The molecule has 5 rings (SSSR count). The first kappa shape index (κ1) is 22.3. The van der Waals surface area contributed by atoms with E-state index in [1.165, 1.54) is 11.8 Å². The van der Waals surface area contributed by atoms with Crippen molar-refractivity contribution in [3.8, 4) is 10.7 Å². The number of ether oxygens (including phenoxy) is 1. The van der Waals surface area contributed by atoms with Crippen molar-refractivity contribution < 1.29 is 14.3 Å². The molecule has 3 aromatic rings. The van der Waals surface area contributed by atoms with Crippen LogP contribution in [0.3, 0.4) is 0 Å². The van der Waals surface area contributed by atoms with E-state index >= 15 is 0 Å². The van der Waals surface area contributed by atoms with Crippen molar-refractivity contribution >= 4 is 40.5 Å². The Morgan fingerprint density at radius 2 is 2.18 bits per heavy atom. The molecule has 172 valence electrons. The van der Waals surface area contributed by atoms with Crippen LogP contribution in [0.2, 0.25) is 0 Å². The number of thiophene rings is 1. The summed E-state index contributed by atoms with van der Waals surface area (Å²) in [6.07, 6.45) is 3.01. The summed E-state index contributed by atoms with van der Waals surface area (Å²) in [5.74, 6) is 0.904. The number of nitrogens with zero attached hydrogens (tertiary/aromatic N) is 4. The highest BCUT2D eigenvalue weighted by molar-refractivity contribution is 8.00. The van der Waals surface area contributed by atoms with Gasteiger partial charge in [0.25, 0.3) is 0 Å². The number of thioether (sulfide) groups is 1. The molecule has 0 unspecified atom stereocenters. The molecule has 0 bridgehead atoms. The maximum absolute atomic E-state index is 13.3. The number of benzene rings is 1. The molecule has 7 nitrogen and oxygen atoms in total. The smallest absolute Gasteiger partial charge is 0.223 e.